The number of oxime groups is 1. The van der Waals surface area contributed by atoms with Crippen molar-refractivity contribution in [2.24, 2.45) is 5.16 Å². The van der Waals surface area contributed by atoms with Gasteiger partial charge in [-0.15, -0.1) is 0 Å². The van der Waals surface area contributed by atoms with Gasteiger partial charge in [-0.3, -0.25) is 14.9 Å². The number of ketones is 1. The van der Waals surface area contributed by atoms with Crippen LogP contribution in [0.25, 0.3) is 0 Å². The van der Waals surface area contributed by atoms with Crippen molar-refractivity contribution in [1.29, 1.82) is 0 Å². The lowest BCUT2D eigenvalue weighted by molar-refractivity contribution is -0.121. The molecule has 0 unspecified atom stereocenters. The Bertz CT molecular complexity index is 1030. The van der Waals surface area contributed by atoms with E-state index in [0.29, 0.717) is 24.2 Å². The van der Waals surface area contributed by atoms with Gasteiger partial charge in [0.05, 0.1) is 16.3 Å². The van der Waals surface area contributed by atoms with E-state index in [9.17, 15) is 22.4 Å². The van der Waals surface area contributed by atoms with Crippen molar-refractivity contribution in [3.8, 4) is 0 Å². The zero-order chi connectivity index (χ0) is 20.3. The van der Waals surface area contributed by atoms with Crippen molar-refractivity contribution < 1.29 is 27.2 Å². The second kappa shape index (κ2) is 8.15. The molecule has 2 aromatic rings. The SMILES string of the molecule is CC(=O)CO/N=C(/C(=O)Nc1ncc(F)s1)c1ccc(S(=O)(=O)C2CC2)cc1. The van der Waals surface area contributed by atoms with Crippen molar-refractivity contribution in [1.82, 2.24) is 4.98 Å². The first-order valence-electron chi connectivity index (χ1n) is 8.24. The Morgan fingerprint density at radius 2 is 2.00 bits per heavy atom. The van der Waals surface area contributed by atoms with Gasteiger partial charge in [0.25, 0.3) is 5.91 Å². The standard InChI is InChI=1S/C17H16FN3O5S2/c1-10(22)9-26-21-15(16(23)20-17-19-8-14(18)27-17)11-2-4-12(5-3-11)28(24,25)13-6-7-13/h2-5,8,13H,6-7,9H2,1H3,(H,19,20,23)/b21-15+. The molecule has 1 N–H and O–H groups in total. The summed E-state index contributed by atoms with van der Waals surface area (Å²) in [7, 11) is -3.37. The van der Waals surface area contributed by atoms with Gasteiger partial charge in [-0.2, -0.15) is 4.39 Å². The first-order chi connectivity index (χ1) is 13.3. The second-order valence-corrected chi connectivity index (χ2v) is 9.32. The molecule has 0 saturated heterocycles. The normalized spacial score (nSPS) is 14.6. The Morgan fingerprint density at radius 1 is 1.32 bits per heavy atom. The summed E-state index contributed by atoms with van der Waals surface area (Å²) in [5.74, 6) is -1.04. The summed E-state index contributed by atoms with van der Waals surface area (Å²) < 4.78 is 37.6. The minimum atomic E-state index is -3.37. The number of sulfone groups is 1. The van der Waals surface area contributed by atoms with Crippen molar-refractivity contribution in [2.75, 3.05) is 11.9 Å². The average Bonchev–Trinajstić information content (AvgIpc) is 3.43. The van der Waals surface area contributed by atoms with Crippen LogP contribution in [0.4, 0.5) is 9.52 Å². The molecule has 0 spiro atoms. The van der Waals surface area contributed by atoms with Crippen LogP contribution in [0, 0.1) is 5.13 Å². The molecular formula is C17H16FN3O5S2. The number of carbonyl (C=O) groups excluding carboxylic acids is 2. The Kier molecular flexibility index (Phi) is 5.84. The average molecular weight is 425 g/mol. The summed E-state index contributed by atoms with van der Waals surface area (Å²) in [5.41, 5.74) is 0.0695. The molecule has 3 rings (SSSR count). The van der Waals surface area contributed by atoms with Crippen LogP contribution in [0.2, 0.25) is 0 Å². The fourth-order valence-electron chi connectivity index (χ4n) is 2.25. The van der Waals surface area contributed by atoms with E-state index in [2.05, 4.69) is 15.5 Å². The first kappa shape index (κ1) is 20.1. The Balaban J connectivity index is 1.85. The second-order valence-electron chi connectivity index (χ2n) is 6.11. The lowest BCUT2D eigenvalue weighted by Gasteiger charge is -2.08. The number of Topliss-reactive ketones (excluding diaryl/α,β-unsaturated/α-hetero) is 1. The van der Waals surface area contributed by atoms with Gasteiger partial charge < -0.3 is 4.84 Å². The monoisotopic (exact) mass is 425 g/mol. The van der Waals surface area contributed by atoms with Crippen LogP contribution < -0.4 is 5.32 Å². The molecule has 0 radical (unpaired) electrons. The number of anilines is 1. The van der Waals surface area contributed by atoms with Crippen molar-refractivity contribution in [3.63, 3.8) is 0 Å². The number of nitrogens with one attached hydrogen (secondary N) is 1. The van der Waals surface area contributed by atoms with E-state index in [1.165, 1.54) is 31.2 Å². The largest absolute Gasteiger partial charge is 0.387 e. The zero-order valence-electron chi connectivity index (χ0n) is 14.7. The van der Waals surface area contributed by atoms with Crippen LogP contribution in [-0.2, 0) is 24.3 Å². The van der Waals surface area contributed by atoms with Gasteiger partial charge in [0.15, 0.2) is 38.2 Å². The van der Waals surface area contributed by atoms with Gasteiger partial charge >= 0.3 is 0 Å². The number of thiazole rings is 1. The van der Waals surface area contributed by atoms with Gasteiger partial charge in [0, 0.05) is 5.56 Å². The summed E-state index contributed by atoms with van der Waals surface area (Å²) in [6.45, 7) is 0.960. The van der Waals surface area contributed by atoms with Crippen molar-refractivity contribution >= 4 is 43.7 Å². The number of benzene rings is 1. The maximum Gasteiger partial charge on any atom is 0.280 e. The predicted octanol–water partition coefficient (Wildman–Crippen LogP) is 2.17. The molecule has 1 saturated carbocycles. The maximum absolute atomic E-state index is 13.1. The molecule has 11 heteroatoms. The fraction of sp³-hybridized carbons (Fsp3) is 0.294. The molecule has 1 amide bonds. The Labute approximate surface area is 164 Å². The molecule has 0 aliphatic heterocycles. The molecule has 0 bridgehead atoms. The number of carbonyl (C=O) groups is 2. The highest BCUT2D eigenvalue weighted by Gasteiger charge is 2.36. The van der Waals surface area contributed by atoms with Gasteiger partial charge in [0.2, 0.25) is 0 Å². The van der Waals surface area contributed by atoms with E-state index >= 15 is 0 Å². The molecule has 1 fully saturated rings. The minimum absolute atomic E-state index is 0.0229. The summed E-state index contributed by atoms with van der Waals surface area (Å²) in [5, 5.41) is 5.18. The minimum Gasteiger partial charge on any atom is -0.387 e. The number of aromatic nitrogens is 1. The van der Waals surface area contributed by atoms with E-state index in [0.717, 1.165) is 6.20 Å². The third-order valence-corrected chi connectivity index (χ3v) is 6.74. The van der Waals surface area contributed by atoms with E-state index in [1.54, 1.807) is 0 Å². The topological polar surface area (TPSA) is 115 Å². The molecule has 1 aliphatic rings. The Morgan fingerprint density at radius 3 is 2.54 bits per heavy atom. The van der Waals surface area contributed by atoms with Crippen LogP contribution in [0.5, 0.6) is 0 Å². The van der Waals surface area contributed by atoms with Crippen LogP contribution in [0.1, 0.15) is 25.3 Å². The smallest absolute Gasteiger partial charge is 0.280 e. The number of nitrogens with zero attached hydrogens (tertiary/aromatic N) is 2. The number of amides is 1. The van der Waals surface area contributed by atoms with E-state index in [4.69, 9.17) is 4.84 Å². The molecule has 8 nitrogen and oxygen atoms in total. The maximum atomic E-state index is 13.1. The summed E-state index contributed by atoms with van der Waals surface area (Å²) in [6.07, 6.45) is 2.24. The van der Waals surface area contributed by atoms with Crippen molar-refractivity contribution in [3.05, 3.63) is 41.2 Å². The molecule has 148 valence electrons. The Hall–Kier alpha value is -2.66. The van der Waals surface area contributed by atoms with E-state index in [1.807, 2.05) is 0 Å². The number of hydrogen-bond acceptors (Lipinski definition) is 8. The van der Waals surface area contributed by atoms with Crippen LogP contribution >= 0.6 is 11.3 Å². The molecular weight excluding hydrogens is 409 g/mol. The third kappa shape index (κ3) is 4.78. The molecule has 1 heterocycles. The molecule has 1 aromatic carbocycles. The zero-order valence-corrected chi connectivity index (χ0v) is 16.3. The third-order valence-electron chi connectivity index (χ3n) is 3.76. The first-order valence-corrected chi connectivity index (χ1v) is 10.6. The number of rotatable bonds is 8. The molecule has 1 aliphatic carbocycles. The summed E-state index contributed by atoms with van der Waals surface area (Å²) in [4.78, 5) is 32.3. The van der Waals surface area contributed by atoms with Crippen molar-refractivity contribution in [2.45, 2.75) is 29.9 Å². The highest BCUT2D eigenvalue weighted by atomic mass is 32.2. The molecule has 28 heavy (non-hydrogen) atoms. The molecule has 1 aromatic heterocycles. The van der Waals surface area contributed by atoms with Gasteiger partial charge in [0.1, 0.15) is 0 Å². The summed E-state index contributed by atoms with van der Waals surface area (Å²) >= 11 is 0.634. The quantitative estimate of drug-likeness (QED) is 0.512. The fourth-order valence-corrected chi connectivity index (χ4v) is 4.45. The van der Waals surface area contributed by atoms with E-state index in [-0.39, 0.29) is 38.9 Å². The number of hydrogen-bond donors (Lipinski definition) is 1. The summed E-state index contributed by atoms with van der Waals surface area (Å²) in [6, 6.07) is 5.63. The highest BCUT2D eigenvalue weighted by Crippen LogP contribution is 2.33. The van der Waals surface area contributed by atoms with Gasteiger partial charge in [-0.05, 0) is 31.9 Å². The lowest BCUT2D eigenvalue weighted by Crippen LogP contribution is -2.24. The van der Waals surface area contributed by atoms with Crippen LogP contribution in [-0.4, -0.2) is 42.7 Å². The van der Waals surface area contributed by atoms with Gasteiger partial charge in [-0.25, -0.2) is 13.4 Å². The van der Waals surface area contributed by atoms with Gasteiger partial charge in [-0.1, -0.05) is 28.6 Å². The molecule has 0 atom stereocenters. The predicted molar refractivity (Wildman–Crippen MR) is 101 cm³/mol. The van der Waals surface area contributed by atoms with E-state index < -0.39 is 20.9 Å². The number of halogens is 1. The highest BCUT2D eigenvalue weighted by molar-refractivity contribution is 7.92. The van der Waals surface area contributed by atoms with Crippen LogP contribution in [0.3, 0.4) is 0 Å². The lowest BCUT2D eigenvalue weighted by atomic mass is 10.1. The van der Waals surface area contributed by atoms with Crippen LogP contribution in [0.15, 0.2) is 40.5 Å².